The first kappa shape index (κ1) is 15.5. The van der Waals surface area contributed by atoms with Crippen LogP contribution < -0.4 is 0 Å². The molecule has 0 aliphatic heterocycles. The van der Waals surface area contributed by atoms with Crippen molar-refractivity contribution in [3.8, 4) is 0 Å². The van der Waals surface area contributed by atoms with E-state index in [9.17, 15) is 5.11 Å². The number of hydrogen-bond donors (Lipinski definition) is 1. The quantitative estimate of drug-likeness (QED) is 0.906. The van der Waals surface area contributed by atoms with E-state index >= 15 is 0 Å². The van der Waals surface area contributed by atoms with Gasteiger partial charge in [-0.05, 0) is 52.3 Å². The summed E-state index contributed by atoms with van der Waals surface area (Å²) in [5.41, 5.74) is 3.43. The predicted octanol–water partition coefficient (Wildman–Crippen LogP) is 3.85. The molecule has 0 saturated heterocycles. The van der Waals surface area contributed by atoms with Crippen LogP contribution in [0.15, 0.2) is 18.2 Å². The van der Waals surface area contributed by atoms with Gasteiger partial charge in [-0.3, -0.25) is 0 Å². The van der Waals surface area contributed by atoms with Gasteiger partial charge in [-0.15, -0.1) is 0 Å². The monoisotopic (exact) mass is 275 g/mol. The summed E-state index contributed by atoms with van der Waals surface area (Å²) in [7, 11) is 4.23. The van der Waals surface area contributed by atoms with Crippen LogP contribution >= 0.6 is 0 Å². The molecule has 20 heavy (non-hydrogen) atoms. The lowest BCUT2D eigenvalue weighted by atomic mass is 9.70. The van der Waals surface area contributed by atoms with Gasteiger partial charge in [-0.2, -0.15) is 0 Å². The first-order chi connectivity index (χ1) is 9.35. The third kappa shape index (κ3) is 2.91. The Morgan fingerprint density at radius 2 is 1.80 bits per heavy atom. The first-order valence-electron chi connectivity index (χ1n) is 7.79. The zero-order chi connectivity index (χ0) is 14.9. The largest absolute Gasteiger partial charge is 0.386 e. The van der Waals surface area contributed by atoms with E-state index in [2.05, 4.69) is 58.0 Å². The second kappa shape index (κ2) is 5.87. The molecule has 2 heteroatoms. The van der Waals surface area contributed by atoms with Crippen LogP contribution in [0.4, 0.5) is 0 Å². The van der Waals surface area contributed by atoms with Crippen LogP contribution in [0.5, 0.6) is 0 Å². The molecule has 3 unspecified atom stereocenters. The molecule has 1 aliphatic carbocycles. The molecule has 0 spiro atoms. The van der Waals surface area contributed by atoms with Gasteiger partial charge in [-0.25, -0.2) is 0 Å². The molecule has 1 aliphatic rings. The molecule has 0 amide bonds. The highest BCUT2D eigenvalue weighted by Crippen LogP contribution is 2.44. The first-order valence-corrected chi connectivity index (χ1v) is 7.79. The van der Waals surface area contributed by atoms with Crippen molar-refractivity contribution in [2.24, 2.45) is 5.92 Å². The normalized spacial score (nSPS) is 28.6. The second-order valence-corrected chi connectivity index (χ2v) is 7.02. The van der Waals surface area contributed by atoms with Gasteiger partial charge >= 0.3 is 0 Å². The maximum Gasteiger partial charge on any atom is 0.0973 e. The Labute approximate surface area is 123 Å². The van der Waals surface area contributed by atoms with Crippen LogP contribution in [0.2, 0.25) is 0 Å². The standard InChI is InChI=1S/C18H29NO/c1-13-7-6-8-18(12-13,19(4)5)17(20)16-10-14(2)9-15(3)11-16/h9-11,13,17,20H,6-8,12H2,1-5H3. The number of hydrogen-bond acceptors (Lipinski definition) is 2. The average molecular weight is 275 g/mol. The molecule has 1 N–H and O–H groups in total. The number of rotatable bonds is 3. The molecule has 112 valence electrons. The minimum absolute atomic E-state index is 0.113. The highest BCUT2D eigenvalue weighted by Gasteiger charge is 2.43. The molecule has 3 atom stereocenters. The van der Waals surface area contributed by atoms with E-state index in [1.54, 1.807) is 0 Å². The Balaban J connectivity index is 2.38. The van der Waals surface area contributed by atoms with E-state index in [1.165, 1.54) is 24.0 Å². The van der Waals surface area contributed by atoms with E-state index < -0.39 is 6.10 Å². The van der Waals surface area contributed by atoms with Crippen LogP contribution in [0, 0.1) is 19.8 Å². The third-order valence-corrected chi connectivity index (χ3v) is 4.97. The molecular weight excluding hydrogens is 246 g/mol. The van der Waals surface area contributed by atoms with Gasteiger partial charge in [-0.1, -0.05) is 49.1 Å². The molecule has 2 rings (SSSR count). The van der Waals surface area contributed by atoms with Gasteiger partial charge < -0.3 is 10.0 Å². The summed E-state index contributed by atoms with van der Waals surface area (Å²) in [5.74, 6) is 0.687. The summed E-state index contributed by atoms with van der Waals surface area (Å²) in [6, 6.07) is 6.45. The molecule has 0 radical (unpaired) electrons. The number of benzene rings is 1. The average Bonchev–Trinajstić information content (AvgIpc) is 2.36. The maximum absolute atomic E-state index is 11.1. The number of aliphatic hydroxyl groups excluding tert-OH is 1. The van der Waals surface area contributed by atoms with E-state index in [4.69, 9.17) is 0 Å². The highest BCUT2D eigenvalue weighted by atomic mass is 16.3. The molecule has 2 nitrogen and oxygen atoms in total. The van der Waals surface area contributed by atoms with E-state index in [-0.39, 0.29) is 5.54 Å². The van der Waals surface area contributed by atoms with Crippen molar-refractivity contribution in [2.45, 2.75) is 58.1 Å². The minimum atomic E-state index is -0.404. The number of nitrogens with zero attached hydrogens (tertiary/aromatic N) is 1. The Bertz CT molecular complexity index is 448. The topological polar surface area (TPSA) is 23.5 Å². The van der Waals surface area contributed by atoms with Crippen molar-refractivity contribution >= 4 is 0 Å². The van der Waals surface area contributed by atoms with Crippen molar-refractivity contribution in [1.82, 2.24) is 4.90 Å². The van der Waals surface area contributed by atoms with Crippen LogP contribution in [0.3, 0.4) is 0 Å². The maximum atomic E-state index is 11.1. The Morgan fingerprint density at radius 1 is 1.20 bits per heavy atom. The van der Waals surface area contributed by atoms with Crippen molar-refractivity contribution in [3.05, 3.63) is 34.9 Å². The van der Waals surface area contributed by atoms with Crippen LogP contribution in [-0.4, -0.2) is 29.6 Å². The Hall–Kier alpha value is -0.860. The fraction of sp³-hybridized carbons (Fsp3) is 0.667. The third-order valence-electron chi connectivity index (χ3n) is 4.97. The van der Waals surface area contributed by atoms with Gasteiger partial charge in [0.25, 0.3) is 0 Å². The fourth-order valence-electron chi connectivity index (χ4n) is 3.94. The zero-order valence-corrected chi connectivity index (χ0v) is 13.6. The van der Waals surface area contributed by atoms with E-state index in [0.29, 0.717) is 5.92 Å². The van der Waals surface area contributed by atoms with E-state index in [0.717, 1.165) is 18.4 Å². The summed E-state index contributed by atoms with van der Waals surface area (Å²) in [5, 5.41) is 11.1. The van der Waals surface area contributed by atoms with Crippen LogP contribution in [0.1, 0.15) is 55.4 Å². The van der Waals surface area contributed by atoms with Gasteiger partial charge in [0, 0.05) is 0 Å². The molecule has 0 aromatic heterocycles. The summed E-state index contributed by atoms with van der Waals surface area (Å²) in [6.45, 7) is 6.52. The van der Waals surface area contributed by atoms with Crippen LogP contribution in [-0.2, 0) is 0 Å². The molecule has 1 saturated carbocycles. The molecular formula is C18H29NO. The number of likely N-dealkylation sites (N-methyl/N-ethyl adjacent to an activating group) is 1. The van der Waals surface area contributed by atoms with Crippen molar-refractivity contribution < 1.29 is 5.11 Å². The lowest BCUT2D eigenvalue weighted by molar-refractivity contribution is -0.0451. The zero-order valence-electron chi connectivity index (χ0n) is 13.6. The van der Waals surface area contributed by atoms with Crippen LogP contribution in [0.25, 0.3) is 0 Å². The van der Waals surface area contributed by atoms with Crippen molar-refractivity contribution in [2.75, 3.05) is 14.1 Å². The number of aliphatic hydroxyl groups is 1. The Morgan fingerprint density at radius 3 is 2.30 bits per heavy atom. The van der Waals surface area contributed by atoms with Crippen molar-refractivity contribution in [1.29, 1.82) is 0 Å². The summed E-state index contributed by atoms with van der Waals surface area (Å²) in [4.78, 5) is 2.25. The second-order valence-electron chi connectivity index (χ2n) is 7.02. The number of aryl methyl sites for hydroxylation is 2. The predicted molar refractivity (Wildman–Crippen MR) is 84.9 cm³/mol. The van der Waals surface area contributed by atoms with Crippen molar-refractivity contribution in [3.63, 3.8) is 0 Å². The summed E-state index contributed by atoms with van der Waals surface area (Å²) >= 11 is 0. The lowest BCUT2D eigenvalue weighted by Crippen LogP contribution is -2.52. The molecule has 1 aromatic carbocycles. The molecule has 0 heterocycles. The van der Waals surface area contributed by atoms with Gasteiger partial charge in [0.05, 0.1) is 11.6 Å². The van der Waals surface area contributed by atoms with Gasteiger partial charge in [0.2, 0.25) is 0 Å². The van der Waals surface area contributed by atoms with Gasteiger partial charge in [0.15, 0.2) is 0 Å². The summed E-state index contributed by atoms with van der Waals surface area (Å²) < 4.78 is 0. The molecule has 0 bridgehead atoms. The Kier molecular flexibility index (Phi) is 4.55. The minimum Gasteiger partial charge on any atom is -0.386 e. The van der Waals surface area contributed by atoms with E-state index in [1.807, 2.05) is 0 Å². The van der Waals surface area contributed by atoms with Gasteiger partial charge in [0.1, 0.15) is 0 Å². The molecule has 1 aromatic rings. The molecule has 1 fully saturated rings. The summed E-state index contributed by atoms with van der Waals surface area (Å²) in [6.07, 6.45) is 4.25. The lowest BCUT2D eigenvalue weighted by Gasteiger charge is -2.48. The SMILES string of the molecule is Cc1cc(C)cc(C(O)C2(N(C)C)CCCC(C)C2)c1. The smallest absolute Gasteiger partial charge is 0.0973 e. The fourth-order valence-corrected chi connectivity index (χ4v) is 3.94. The highest BCUT2D eigenvalue weighted by molar-refractivity contribution is 5.32.